The first-order valence-corrected chi connectivity index (χ1v) is 10.5. The quantitative estimate of drug-likeness (QED) is 0.321. The molecule has 2 bridgehead atoms. The molecule has 2 atom stereocenters. The summed E-state index contributed by atoms with van der Waals surface area (Å²) in [4.78, 5) is 26.8. The summed E-state index contributed by atoms with van der Waals surface area (Å²) in [5.41, 5.74) is 2.16. The molecule has 4 rings (SSSR count). The fourth-order valence-electron chi connectivity index (χ4n) is 4.52. The average molecular weight is 405 g/mol. The maximum absolute atomic E-state index is 13.2. The van der Waals surface area contributed by atoms with Gasteiger partial charge in [0, 0.05) is 31.8 Å². The summed E-state index contributed by atoms with van der Waals surface area (Å²) >= 11 is 0. The third-order valence-corrected chi connectivity index (χ3v) is 6.09. The third-order valence-electron chi connectivity index (χ3n) is 6.09. The van der Waals surface area contributed by atoms with Crippen LogP contribution >= 0.6 is 0 Å². The van der Waals surface area contributed by atoms with E-state index in [1.807, 2.05) is 36.4 Å². The molecule has 0 spiro atoms. The summed E-state index contributed by atoms with van der Waals surface area (Å²) in [6, 6.07) is 17.7. The molecule has 0 amide bonds. The molecule has 5 heteroatoms. The predicted octanol–water partition coefficient (Wildman–Crippen LogP) is 4.32. The van der Waals surface area contributed by atoms with Crippen molar-refractivity contribution in [1.29, 1.82) is 0 Å². The molecule has 2 aliphatic heterocycles. The molecule has 2 aliphatic rings. The Kier molecular flexibility index (Phi) is 6.00. The Balaban J connectivity index is 1.57. The minimum absolute atomic E-state index is 0.0503. The first kappa shape index (κ1) is 20.4. The van der Waals surface area contributed by atoms with Crippen LogP contribution in [0.15, 0.2) is 54.6 Å². The Bertz CT molecular complexity index is 921. The van der Waals surface area contributed by atoms with Crippen LogP contribution in [0.2, 0.25) is 0 Å². The minimum Gasteiger partial charge on any atom is -0.459 e. The van der Waals surface area contributed by atoms with Gasteiger partial charge in [0.1, 0.15) is 11.9 Å². The minimum atomic E-state index is -0.376. The van der Waals surface area contributed by atoms with E-state index in [4.69, 9.17) is 9.47 Å². The average Bonchev–Trinajstić information content (AvgIpc) is 2.94. The molecular formula is C25H27NO4. The first-order chi connectivity index (χ1) is 14.5. The van der Waals surface area contributed by atoms with Crippen LogP contribution in [0.4, 0.5) is 0 Å². The molecule has 0 aromatic heterocycles. The van der Waals surface area contributed by atoms with Gasteiger partial charge in [-0.15, -0.1) is 0 Å². The van der Waals surface area contributed by atoms with Crippen LogP contribution in [0, 0.1) is 0 Å². The number of hydrogen-bond acceptors (Lipinski definition) is 5. The third kappa shape index (κ3) is 4.62. The van der Waals surface area contributed by atoms with Crippen molar-refractivity contribution in [3.05, 3.63) is 65.7 Å². The van der Waals surface area contributed by atoms with Crippen molar-refractivity contribution in [3.8, 4) is 5.75 Å². The Hall–Kier alpha value is -2.92. The molecule has 2 saturated heterocycles. The molecule has 5 nitrogen and oxygen atoms in total. The van der Waals surface area contributed by atoms with Crippen LogP contribution in [-0.2, 0) is 14.3 Å². The molecule has 30 heavy (non-hydrogen) atoms. The zero-order valence-electron chi connectivity index (χ0n) is 17.4. The number of piperidine rings is 1. The Morgan fingerprint density at radius 2 is 1.60 bits per heavy atom. The van der Waals surface area contributed by atoms with Crippen molar-refractivity contribution in [2.75, 3.05) is 7.05 Å². The molecular weight excluding hydrogens is 378 g/mol. The van der Waals surface area contributed by atoms with Crippen LogP contribution in [-0.4, -0.2) is 42.1 Å². The fraction of sp³-hybridized carbons (Fsp3) is 0.360. The number of nitrogens with zero attached hydrogens (tertiary/aromatic N) is 1. The molecule has 2 aromatic carbocycles. The summed E-state index contributed by atoms with van der Waals surface area (Å²) in [6.45, 7) is 1.36. The van der Waals surface area contributed by atoms with Crippen LogP contribution in [0.25, 0.3) is 11.6 Å². The van der Waals surface area contributed by atoms with Crippen molar-refractivity contribution in [2.45, 2.75) is 50.8 Å². The fourth-order valence-corrected chi connectivity index (χ4v) is 4.52. The van der Waals surface area contributed by atoms with E-state index in [2.05, 4.69) is 11.9 Å². The van der Waals surface area contributed by atoms with Crippen LogP contribution in [0.3, 0.4) is 0 Å². The number of hydrogen-bond donors (Lipinski definition) is 0. The van der Waals surface area contributed by atoms with Gasteiger partial charge in [-0.1, -0.05) is 42.5 Å². The lowest BCUT2D eigenvalue weighted by atomic mass is 9.99. The van der Waals surface area contributed by atoms with Gasteiger partial charge in [-0.2, -0.15) is 0 Å². The standard InChI is InChI=1S/C25H27NO4/c1-17(27)29-22-12-8-19(9-13-22)24(14-18-6-4-3-5-7-18)25(28)30-23-15-20-10-11-21(16-23)26(20)2/h3-9,12-14,20-21,23H,10-11,15-16H2,1-2H3/b24-14+. The predicted molar refractivity (Wildman–Crippen MR) is 116 cm³/mol. The van der Waals surface area contributed by atoms with E-state index in [9.17, 15) is 9.59 Å². The van der Waals surface area contributed by atoms with E-state index in [1.54, 1.807) is 24.3 Å². The van der Waals surface area contributed by atoms with Crippen LogP contribution in [0.5, 0.6) is 5.75 Å². The van der Waals surface area contributed by atoms with Gasteiger partial charge in [-0.05, 0) is 49.2 Å². The van der Waals surface area contributed by atoms with Gasteiger partial charge in [0.15, 0.2) is 0 Å². The molecule has 2 unspecified atom stereocenters. The van der Waals surface area contributed by atoms with E-state index >= 15 is 0 Å². The normalized spacial score (nSPS) is 23.8. The van der Waals surface area contributed by atoms with Gasteiger partial charge in [-0.3, -0.25) is 4.79 Å². The number of rotatable bonds is 5. The topological polar surface area (TPSA) is 55.8 Å². The van der Waals surface area contributed by atoms with E-state index in [0.29, 0.717) is 23.4 Å². The van der Waals surface area contributed by atoms with E-state index in [-0.39, 0.29) is 18.0 Å². The van der Waals surface area contributed by atoms with Crippen molar-refractivity contribution < 1.29 is 19.1 Å². The number of ether oxygens (including phenoxy) is 2. The van der Waals surface area contributed by atoms with Crippen molar-refractivity contribution in [2.24, 2.45) is 0 Å². The SMILES string of the molecule is CC(=O)Oc1ccc(/C(=C\c2ccccc2)C(=O)OC2CC3CCC(C2)N3C)cc1. The maximum Gasteiger partial charge on any atom is 0.339 e. The van der Waals surface area contributed by atoms with E-state index < -0.39 is 0 Å². The smallest absolute Gasteiger partial charge is 0.339 e. The van der Waals surface area contributed by atoms with Crippen LogP contribution in [0.1, 0.15) is 43.7 Å². The van der Waals surface area contributed by atoms with Crippen molar-refractivity contribution in [1.82, 2.24) is 4.90 Å². The highest BCUT2D eigenvalue weighted by atomic mass is 16.5. The number of benzene rings is 2. The molecule has 156 valence electrons. The van der Waals surface area contributed by atoms with E-state index in [0.717, 1.165) is 24.0 Å². The summed E-state index contributed by atoms with van der Waals surface area (Å²) < 4.78 is 11.1. The highest BCUT2D eigenvalue weighted by Gasteiger charge is 2.40. The lowest BCUT2D eigenvalue weighted by molar-refractivity contribution is -0.145. The Morgan fingerprint density at radius 3 is 2.20 bits per heavy atom. The summed E-state index contributed by atoms with van der Waals surface area (Å²) in [6.07, 6.45) is 5.95. The Morgan fingerprint density at radius 1 is 0.967 bits per heavy atom. The number of fused-ring (bicyclic) bond motifs is 2. The summed E-state index contributed by atoms with van der Waals surface area (Å²) in [5.74, 6) is -0.238. The van der Waals surface area contributed by atoms with Crippen molar-refractivity contribution >= 4 is 23.6 Å². The molecule has 0 aliphatic carbocycles. The molecule has 2 heterocycles. The van der Waals surface area contributed by atoms with Gasteiger partial charge in [-0.25, -0.2) is 4.79 Å². The number of carbonyl (C=O) groups is 2. The lowest BCUT2D eigenvalue weighted by Crippen LogP contribution is -2.43. The van der Waals surface area contributed by atoms with Crippen LogP contribution < -0.4 is 4.74 Å². The van der Waals surface area contributed by atoms with E-state index in [1.165, 1.54) is 19.8 Å². The number of esters is 2. The molecule has 0 saturated carbocycles. The van der Waals surface area contributed by atoms with Gasteiger partial charge < -0.3 is 14.4 Å². The molecule has 2 fully saturated rings. The monoisotopic (exact) mass is 405 g/mol. The molecule has 2 aromatic rings. The lowest BCUT2D eigenvalue weighted by Gasteiger charge is -2.35. The molecule has 0 radical (unpaired) electrons. The highest BCUT2D eigenvalue weighted by Crippen LogP contribution is 2.36. The summed E-state index contributed by atoms with van der Waals surface area (Å²) in [7, 11) is 2.17. The van der Waals surface area contributed by atoms with Gasteiger partial charge in [0.25, 0.3) is 0 Å². The molecule has 0 N–H and O–H groups in total. The van der Waals surface area contributed by atoms with Gasteiger partial charge in [0.2, 0.25) is 0 Å². The Labute approximate surface area is 177 Å². The number of carbonyl (C=O) groups excluding carboxylic acids is 2. The zero-order chi connectivity index (χ0) is 21.1. The first-order valence-electron chi connectivity index (χ1n) is 10.5. The van der Waals surface area contributed by atoms with Crippen molar-refractivity contribution in [3.63, 3.8) is 0 Å². The second kappa shape index (κ2) is 8.84. The zero-order valence-corrected chi connectivity index (χ0v) is 17.4. The second-order valence-corrected chi connectivity index (χ2v) is 8.14. The second-order valence-electron chi connectivity index (χ2n) is 8.14. The largest absolute Gasteiger partial charge is 0.459 e. The van der Waals surface area contributed by atoms with Gasteiger partial charge in [0.05, 0.1) is 5.57 Å². The maximum atomic E-state index is 13.2. The summed E-state index contributed by atoms with van der Waals surface area (Å²) in [5, 5.41) is 0. The highest BCUT2D eigenvalue weighted by molar-refractivity contribution is 6.21. The van der Waals surface area contributed by atoms with Gasteiger partial charge >= 0.3 is 11.9 Å².